The molecule has 3 atom stereocenters. The smallest absolute Gasteiger partial charge is 0.0892 e. The molecule has 0 aromatic heterocycles. The monoisotopic (exact) mass is 325 g/mol. The van der Waals surface area contributed by atoms with Crippen molar-refractivity contribution in [3.05, 3.63) is 0 Å². The fourth-order valence-electron chi connectivity index (χ4n) is 4.67. The Morgan fingerprint density at radius 1 is 1.13 bits per heavy atom. The molecule has 0 radical (unpaired) electrons. The SMILES string of the molecule is CCC(CC(=O)[O-])C(C)C.CCCC[N+]1(C)C2CCCC1CC2. The number of nitrogens with zero attached hydrogens (tertiary/aromatic N) is 1. The summed E-state index contributed by atoms with van der Waals surface area (Å²) >= 11 is 0. The van der Waals surface area contributed by atoms with Crippen molar-refractivity contribution in [3.63, 3.8) is 0 Å². The Labute approximate surface area is 144 Å². The Kier molecular flexibility index (Phi) is 8.60. The van der Waals surface area contributed by atoms with E-state index in [1.807, 2.05) is 20.8 Å². The van der Waals surface area contributed by atoms with Gasteiger partial charge in [0.1, 0.15) is 0 Å². The van der Waals surface area contributed by atoms with E-state index in [4.69, 9.17) is 0 Å². The van der Waals surface area contributed by atoms with Gasteiger partial charge in [-0.3, -0.25) is 0 Å². The Bertz CT molecular complexity index is 338. The summed E-state index contributed by atoms with van der Waals surface area (Å²) in [5, 5.41) is 10.2. The topological polar surface area (TPSA) is 40.1 Å². The normalized spacial score (nSPS) is 30.7. The summed E-state index contributed by atoms with van der Waals surface area (Å²) in [5.74, 6) is -0.201. The highest BCUT2D eigenvalue weighted by atomic mass is 16.4. The quantitative estimate of drug-likeness (QED) is 0.669. The molecule has 2 heterocycles. The lowest BCUT2D eigenvalue weighted by atomic mass is 9.90. The number of piperidine rings is 1. The van der Waals surface area contributed by atoms with E-state index < -0.39 is 5.97 Å². The number of carbonyl (C=O) groups excluding carboxylic acids is 1. The van der Waals surface area contributed by atoms with Crippen LogP contribution in [0, 0.1) is 11.8 Å². The first-order chi connectivity index (χ1) is 10.8. The highest BCUT2D eigenvalue weighted by molar-refractivity contribution is 5.64. The van der Waals surface area contributed by atoms with Crippen molar-refractivity contribution in [1.29, 1.82) is 0 Å². The van der Waals surface area contributed by atoms with Gasteiger partial charge in [-0.15, -0.1) is 0 Å². The molecule has 3 heteroatoms. The fourth-order valence-corrected chi connectivity index (χ4v) is 4.67. The van der Waals surface area contributed by atoms with E-state index in [9.17, 15) is 9.90 Å². The van der Waals surface area contributed by atoms with Crippen molar-refractivity contribution in [2.45, 2.75) is 97.6 Å². The summed E-state index contributed by atoms with van der Waals surface area (Å²) in [6.45, 7) is 9.85. The molecular weight excluding hydrogens is 286 g/mol. The molecule has 3 unspecified atom stereocenters. The van der Waals surface area contributed by atoms with E-state index in [2.05, 4.69) is 14.0 Å². The van der Waals surface area contributed by atoms with Crippen LogP contribution in [0.1, 0.15) is 85.5 Å². The summed E-state index contributed by atoms with van der Waals surface area (Å²) in [4.78, 5) is 10.2. The molecule has 0 amide bonds. The molecule has 2 aliphatic rings. The van der Waals surface area contributed by atoms with Crippen molar-refractivity contribution in [1.82, 2.24) is 0 Å². The van der Waals surface area contributed by atoms with Crippen LogP contribution in [0.4, 0.5) is 0 Å². The maximum absolute atomic E-state index is 10.2. The van der Waals surface area contributed by atoms with Gasteiger partial charge in [0.2, 0.25) is 0 Å². The zero-order valence-corrected chi connectivity index (χ0v) is 16.1. The molecular formula is C20H39NO2. The maximum atomic E-state index is 10.2. The van der Waals surface area contributed by atoms with E-state index in [1.54, 1.807) is 0 Å². The Morgan fingerprint density at radius 3 is 2.04 bits per heavy atom. The zero-order chi connectivity index (χ0) is 17.5. The van der Waals surface area contributed by atoms with Crippen LogP contribution in [-0.4, -0.2) is 36.1 Å². The number of carboxylic acid groups (broad SMARTS) is 1. The summed E-state index contributed by atoms with van der Waals surface area (Å²) in [5.41, 5.74) is 0. The number of carboxylic acids is 1. The lowest BCUT2D eigenvalue weighted by molar-refractivity contribution is -0.948. The zero-order valence-electron chi connectivity index (χ0n) is 16.1. The van der Waals surface area contributed by atoms with Crippen LogP contribution in [0.3, 0.4) is 0 Å². The highest BCUT2D eigenvalue weighted by Crippen LogP contribution is 2.41. The Hall–Kier alpha value is -0.570. The minimum atomic E-state index is -0.930. The molecule has 23 heavy (non-hydrogen) atoms. The molecule has 0 spiro atoms. The lowest BCUT2D eigenvalue weighted by Crippen LogP contribution is -2.56. The first kappa shape index (κ1) is 20.5. The van der Waals surface area contributed by atoms with Gasteiger partial charge in [0.15, 0.2) is 0 Å². The number of fused-ring (bicyclic) bond motifs is 2. The van der Waals surface area contributed by atoms with Gasteiger partial charge < -0.3 is 14.4 Å². The van der Waals surface area contributed by atoms with Gasteiger partial charge in [0.25, 0.3) is 0 Å². The second-order valence-electron chi connectivity index (χ2n) is 8.23. The van der Waals surface area contributed by atoms with Crippen LogP contribution in [0.25, 0.3) is 0 Å². The second-order valence-corrected chi connectivity index (χ2v) is 8.23. The number of quaternary nitrogens is 1. The van der Waals surface area contributed by atoms with E-state index in [0.717, 1.165) is 18.5 Å². The number of aliphatic carboxylic acids is 1. The van der Waals surface area contributed by atoms with Gasteiger partial charge in [-0.05, 0) is 43.9 Å². The molecule has 3 nitrogen and oxygen atoms in total. The fraction of sp³-hybridized carbons (Fsp3) is 0.950. The molecule has 2 fully saturated rings. The van der Waals surface area contributed by atoms with Crippen LogP contribution in [0.2, 0.25) is 0 Å². The molecule has 0 aromatic carbocycles. The van der Waals surface area contributed by atoms with Crippen LogP contribution in [-0.2, 0) is 4.79 Å². The van der Waals surface area contributed by atoms with E-state index in [0.29, 0.717) is 5.92 Å². The van der Waals surface area contributed by atoms with Gasteiger partial charge in [0.05, 0.1) is 25.7 Å². The van der Waals surface area contributed by atoms with Crippen molar-refractivity contribution >= 4 is 5.97 Å². The van der Waals surface area contributed by atoms with Crippen molar-refractivity contribution < 1.29 is 14.4 Å². The molecule has 2 bridgehead atoms. The third-order valence-corrected chi connectivity index (χ3v) is 6.47. The Balaban J connectivity index is 0.000000241. The first-order valence-electron chi connectivity index (χ1n) is 9.89. The van der Waals surface area contributed by atoms with Crippen molar-refractivity contribution in [2.75, 3.05) is 13.6 Å². The predicted molar refractivity (Wildman–Crippen MR) is 94.9 cm³/mol. The van der Waals surface area contributed by atoms with Gasteiger partial charge in [0, 0.05) is 18.8 Å². The lowest BCUT2D eigenvalue weighted by Gasteiger charge is -2.45. The van der Waals surface area contributed by atoms with Crippen LogP contribution >= 0.6 is 0 Å². The highest BCUT2D eigenvalue weighted by Gasteiger charge is 2.47. The molecule has 2 saturated heterocycles. The molecule has 0 aromatic rings. The average molecular weight is 326 g/mol. The van der Waals surface area contributed by atoms with Gasteiger partial charge in [-0.1, -0.05) is 40.5 Å². The third-order valence-electron chi connectivity index (χ3n) is 6.47. The first-order valence-corrected chi connectivity index (χ1v) is 9.89. The molecule has 2 aliphatic heterocycles. The molecule has 136 valence electrons. The van der Waals surface area contributed by atoms with E-state index >= 15 is 0 Å². The Morgan fingerprint density at radius 2 is 1.70 bits per heavy atom. The summed E-state index contributed by atoms with van der Waals surface area (Å²) in [6.07, 6.45) is 11.5. The summed E-state index contributed by atoms with van der Waals surface area (Å²) in [7, 11) is 2.52. The molecule has 0 aliphatic carbocycles. The standard InChI is InChI=1S/C12H24N.C8H16O2/c1-3-4-10-13(2)11-6-5-7-12(13)9-8-11;1-4-7(6(2)3)5-8(9)10/h11-12H,3-10H2,1-2H3;6-7H,4-5H2,1-3H3,(H,9,10)/q+1;/p-1. The summed E-state index contributed by atoms with van der Waals surface area (Å²) in [6, 6.07) is 2.07. The van der Waals surface area contributed by atoms with Gasteiger partial charge in [-0.25, -0.2) is 0 Å². The van der Waals surface area contributed by atoms with Crippen LogP contribution < -0.4 is 5.11 Å². The number of unbranched alkanes of at least 4 members (excludes halogenated alkanes) is 1. The average Bonchev–Trinajstić information content (AvgIpc) is 2.70. The molecule has 2 rings (SSSR count). The van der Waals surface area contributed by atoms with Crippen LogP contribution in [0.15, 0.2) is 0 Å². The van der Waals surface area contributed by atoms with Crippen molar-refractivity contribution in [3.8, 4) is 0 Å². The minimum Gasteiger partial charge on any atom is -0.550 e. The number of hydrogen-bond acceptors (Lipinski definition) is 2. The van der Waals surface area contributed by atoms with E-state index in [1.165, 1.54) is 56.0 Å². The summed E-state index contributed by atoms with van der Waals surface area (Å²) < 4.78 is 1.44. The van der Waals surface area contributed by atoms with Crippen LogP contribution in [0.5, 0.6) is 0 Å². The molecule has 0 saturated carbocycles. The van der Waals surface area contributed by atoms with Gasteiger partial charge >= 0.3 is 0 Å². The number of rotatable bonds is 7. The van der Waals surface area contributed by atoms with Gasteiger partial charge in [-0.2, -0.15) is 0 Å². The minimum absolute atomic E-state index is 0.203. The van der Waals surface area contributed by atoms with Crippen molar-refractivity contribution in [2.24, 2.45) is 11.8 Å². The maximum Gasteiger partial charge on any atom is 0.0892 e. The largest absolute Gasteiger partial charge is 0.550 e. The number of hydrogen-bond donors (Lipinski definition) is 0. The second kappa shape index (κ2) is 9.66. The van der Waals surface area contributed by atoms with E-state index in [-0.39, 0.29) is 12.3 Å². The molecule has 0 N–H and O–H groups in total. The number of carbonyl (C=O) groups is 1. The predicted octanol–water partition coefficient (Wildman–Crippen LogP) is 3.76. The third kappa shape index (κ3) is 5.77.